The second-order valence-corrected chi connectivity index (χ2v) is 8.00. The molecule has 2 fully saturated rings. The van der Waals surface area contributed by atoms with Crippen LogP contribution in [0.3, 0.4) is 0 Å². The molecule has 9 heteroatoms. The predicted octanol–water partition coefficient (Wildman–Crippen LogP) is 2.86. The van der Waals surface area contributed by atoms with Crippen molar-refractivity contribution in [2.24, 2.45) is 5.92 Å². The van der Waals surface area contributed by atoms with Crippen LogP contribution in [0.4, 0.5) is 11.4 Å². The SMILES string of the molecule is CC(Nc1ccc(C(=O)N2CCN(C(=O)C3CC3)CC2)cc1[N+](=O)[O-])c1ccccn1. The van der Waals surface area contributed by atoms with E-state index in [0.29, 0.717) is 31.9 Å². The Morgan fingerprint density at radius 1 is 1.13 bits per heavy atom. The van der Waals surface area contributed by atoms with E-state index in [1.165, 1.54) is 6.07 Å². The maximum atomic E-state index is 12.9. The molecular weight excluding hydrogens is 398 g/mol. The second-order valence-electron chi connectivity index (χ2n) is 8.00. The Kier molecular flexibility index (Phi) is 5.83. The number of nitro benzene ring substituents is 1. The Labute approximate surface area is 180 Å². The van der Waals surface area contributed by atoms with Crippen molar-refractivity contribution in [3.05, 3.63) is 64.0 Å². The largest absolute Gasteiger partial charge is 0.371 e. The zero-order chi connectivity index (χ0) is 22.0. The number of benzene rings is 1. The van der Waals surface area contributed by atoms with E-state index in [4.69, 9.17) is 0 Å². The summed E-state index contributed by atoms with van der Waals surface area (Å²) in [6.07, 6.45) is 3.59. The lowest BCUT2D eigenvalue weighted by Crippen LogP contribution is -2.51. The van der Waals surface area contributed by atoms with Gasteiger partial charge in [0.2, 0.25) is 5.91 Å². The highest BCUT2D eigenvalue weighted by molar-refractivity contribution is 5.96. The Morgan fingerprint density at radius 3 is 2.45 bits per heavy atom. The summed E-state index contributed by atoms with van der Waals surface area (Å²) in [6, 6.07) is 9.75. The van der Waals surface area contributed by atoms with Crippen molar-refractivity contribution in [3.63, 3.8) is 0 Å². The van der Waals surface area contributed by atoms with E-state index in [9.17, 15) is 19.7 Å². The van der Waals surface area contributed by atoms with Gasteiger partial charge in [-0.3, -0.25) is 24.7 Å². The van der Waals surface area contributed by atoms with Gasteiger partial charge in [-0.05, 0) is 44.0 Å². The molecule has 31 heavy (non-hydrogen) atoms. The molecule has 2 aliphatic rings. The quantitative estimate of drug-likeness (QED) is 0.565. The highest BCUT2D eigenvalue weighted by Gasteiger charge is 2.35. The minimum atomic E-state index is -0.490. The number of anilines is 1. The van der Waals surface area contributed by atoms with Gasteiger partial charge in [-0.15, -0.1) is 0 Å². The second kappa shape index (κ2) is 8.71. The molecule has 1 unspecified atom stereocenters. The van der Waals surface area contributed by atoms with Gasteiger partial charge < -0.3 is 15.1 Å². The molecule has 162 valence electrons. The monoisotopic (exact) mass is 423 g/mol. The number of piperazine rings is 1. The first-order valence-electron chi connectivity index (χ1n) is 10.5. The molecule has 0 radical (unpaired) electrons. The van der Waals surface area contributed by atoms with Gasteiger partial charge in [-0.25, -0.2) is 0 Å². The molecule has 2 heterocycles. The lowest BCUT2D eigenvalue weighted by Gasteiger charge is -2.35. The summed E-state index contributed by atoms with van der Waals surface area (Å²) in [7, 11) is 0. The van der Waals surface area contributed by atoms with Crippen LogP contribution in [0.2, 0.25) is 0 Å². The van der Waals surface area contributed by atoms with Crippen LogP contribution in [0.15, 0.2) is 42.6 Å². The number of hydrogen-bond acceptors (Lipinski definition) is 6. The predicted molar refractivity (Wildman–Crippen MR) is 115 cm³/mol. The molecule has 1 saturated heterocycles. The van der Waals surface area contributed by atoms with E-state index in [1.54, 1.807) is 29.3 Å². The van der Waals surface area contributed by atoms with Gasteiger partial charge in [-0.2, -0.15) is 0 Å². The Hall–Kier alpha value is -3.49. The molecule has 2 aromatic rings. The summed E-state index contributed by atoms with van der Waals surface area (Å²) >= 11 is 0. The van der Waals surface area contributed by atoms with Gasteiger partial charge in [0.05, 0.1) is 16.7 Å². The van der Waals surface area contributed by atoms with Gasteiger partial charge in [0.15, 0.2) is 0 Å². The number of hydrogen-bond donors (Lipinski definition) is 1. The number of rotatable bonds is 6. The van der Waals surface area contributed by atoms with Crippen molar-refractivity contribution in [1.82, 2.24) is 14.8 Å². The number of carbonyl (C=O) groups is 2. The number of nitro groups is 1. The summed E-state index contributed by atoms with van der Waals surface area (Å²) < 4.78 is 0. The van der Waals surface area contributed by atoms with Gasteiger partial charge in [0, 0.05) is 49.9 Å². The topological polar surface area (TPSA) is 109 Å². The third-order valence-corrected chi connectivity index (χ3v) is 5.75. The first-order chi connectivity index (χ1) is 14.9. The molecule has 0 bridgehead atoms. The third kappa shape index (κ3) is 4.65. The van der Waals surface area contributed by atoms with Crippen LogP contribution in [-0.2, 0) is 4.79 Å². The smallest absolute Gasteiger partial charge is 0.293 e. The average molecular weight is 423 g/mol. The highest BCUT2D eigenvalue weighted by atomic mass is 16.6. The maximum Gasteiger partial charge on any atom is 0.293 e. The van der Waals surface area contributed by atoms with Gasteiger partial charge >= 0.3 is 0 Å². The number of nitrogens with one attached hydrogen (secondary N) is 1. The molecule has 9 nitrogen and oxygen atoms in total. The number of nitrogens with zero attached hydrogens (tertiary/aromatic N) is 4. The number of carbonyl (C=O) groups excluding carboxylic acids is 2. The van der Waals surface area contributed by atoms with Gasteiger partial charge in [0.25, 0.3) is 11.6 Å². The maximum absolute atomic E-state index is 12.9. The van der Waals surface area contributed by atoms with Crippen LogP contribution in [0, 0.1) is 16.0 Å². The summed E-state index contributed by atoms with van der Waals surface area (Å²) in [6.45, 7) is 3.74. The van der Waals surface area contributed by atoms with Crippen LogP contribution in [0.5, 0.6) is 0 Å². The van der Waals surface area contributed by atoms with E-state index < -0.39 is 4.92 Å². The van der Waals surface area contributed by atoms with Crippen molar-refractivity contribution < 1.29 is 14.5 Å². The van der Waals surface area contributed by atoms with Gasteiger partial charge in [-0.1, -0.05) is 6.07 Å². The summed E-state index contributed by atoms with van der Waals surface area (Å²) in [4.78, 5) is 44.0. The minimum Gasteiger partial charge on any atom is -0.371 e. The van der Waals surface area contributed by atoms with Crippen LogP contribution in [0.25, 0.3) is 0 Å². The molecule has 0 spiro atoms. The molecular formula is C22H25N5O4. The van der Waals surface area contributed by atoms with Crippen LogP contribution in [-0.4, -0.2) is 57.7 Å². The highest BCUT2D eigenvalue weighted by Crippen LogP contribution is 2.32. The summed E-state index contributed by atoms with van der Waals surface area (Å²) in [5.41, 5.74) is 1.20. The Bertz CT molecular complexity index is 985. The van der Waals surface area contributed by atoms with Crippen LogP contribution in [0.1, 0.15) is 41.9 Å². The fourth-order valence-electron chi connectivity index (χ4n) is 3.78. The van der Waals surface area contributed by atoms with Gasteiger partial charge in [0.1, 0.15) is 5.69 Å². The summed E-state index contributed by atoms with van der Waals surface area (Å²) in [5, 5.41) is 14.8. The normalized spacial score (nSPS) is 17.2. The van der Waals surface area contributed by atoms with Crippen molar-refractivity contribution in [2.75, 3.05) is 31.5 Å². The first-order valence-corrected chi connectivity index (χ1v) is 10.5. The van der Waals surface area contributed by atoms with Crippen LogP contribution >= 0.6 is 0 Å². The zero-order valence-corrected chi connectivity index (χ0v) is 17.4. The van der Waals surface area contributed by atoms with Crippen molar-refractivity contribution in [2.45, 2.75) is 25.8 Å². The minimum absolute atomic E-state index is 0.156. The molecule has 1 atom stereocenters. The number of pyridine rings is 1. The van der Waals surface area contributed by atoms with E-state index >= 15 is 0 Å². The van der Waals surface area contributed by atoms with E-state index in [2.05, 4.69) is 10.3 Å². The number of amides is 2. The molecule has 2 amide bonds. The lowest BCUT2D eigenvalue weighted by atomic mass is 10.1. The average Bonchev–Trinajstić information content (AvgIpc) is 3.64. The van der Waals surface area contributed by atoms with E-state index in [1.807, 2.05) is 24.0 Å². The fraction of sp³-hybridized carbons (Fsp3) is 0.409. The van der Waals surface area contributed by atoms with Crippen molar-refractivity contribution in [1.29, 1.82) is 0 Å². The fourth-order valence-corrected chi connectivity index (χ4v) is 3.78. The van der Waals surface area contributed by atoms with Crippen LogP contribution < -0.4 is 5.32 Å². The molecule has 1 aliphatic heterocycles. The lowest BCUT2D eigenvalue weighted by molar-refractivity contribution is -0.384. The zero-order valence-electron chi connectivity index (χ0n) is 17.4. The third-order valence-electron chi connectivity index (χ3n) is 5.75. The first kappa shape index (κ1) is 20.8. The molecule has 1 aromatic carbocycles. The Balaban J connectivity index is 1.45. The van der Waals surface area contributed by atoms with Crippen molar-refractivity contribution in [3.8, 4) is 0 Å². The molecule has 1 saturated carbocycles. The van der Waals surface area contributed by atoms with Crippen molar-refractivity contribution >= 4 is 23.2 Å². The molecule has 1 N–H and O–H groups in total. The van der Waals surface area contributed by atoms with E-state index in [-0.39, 0.29) is 35.0 Å². The summed E-state index contributed by atoms with van der Waals surface area (Å²) in [5.74, 6) is 0.0876. The molecule has 1 aromatic heterocycles. The molecule has 1 aliphatic carbocycles. The molecule has 4 rings (SSSR count). The number of aromatic nitrogens is 1. The standard InChI is InChI=1S/C22H25N5O4/c1-15(18-4-2-3-9-23-18)24-19-8-7-17(14-20(19)27(30)31)22(29)26-12-10-25(11-13-26)21(28)16-5-6-16/h2-4,7-9,14-16,24H,5-6,10-13H2,1H3. The van der Waals surface area contributed by atoms with E-state index in [0.717, 1.165) is 18.5 Å². The Morgan fingerprint density at radius 2 is 1.84 bits per heavy atom.